The summed E-state index contributed by atoms with van der Waals surface area (Å²) in [5.41, 5.74) is -1.03. The predicted octanol–water partition coefficient (Wildman–Crippen LogP) is 3.25. The lowest BCUT2D eigenvalue weighted by Crippen LogP contribution is -2.50. The molecule has 0 saturated heterocycles. The molecule has 1 aliphatic rings. The molecular formula is C19H29ClN2O4S. The molecule has 2 unspecified atom stereocenters. The molecule has 2 N–H and O–H groups in total. The Morgan fingerprint density at radius 1 is 1.07 bits per heavy atom. The summed E-state index contributed by atoms with van der Waals surface area (Å²) in [6.07, 6.45) is 6.22. The molecule has 0 heterocycles. The zero-order valence-electron chi connectivity index (χ0n) is 16.1. The van der Waals surface area contributed by atoms with Gasteiger partial charge in [0.15, 0.2) is 5.60 Å². The molecule has 2 rings (SSSR count). The van der Waals surface area contributed by atoms with E-state index in [2.05, 4.69) is 10.0 Å². The van der Waals surface area contributed by atoms with Crippen molar-refractivity contribution in [2.45, 2.75) is 70.1 Å². The van der Waals surface area contributed by atoms with Gasteiger partial charge in [0.2, 0.25) is 10.0 Å². The number of amides is 1. The highest BCUT2D eigenvalue weighted by Gasteiger charge is 2.32. The molecule has 152 valence electrons. The first kappa shape index (κ1) is 22.0. The molecule has 2 atom stereocenters. The SMILES string of the molecule is CC(C)(Oc1ccc(Cl)cc1)C(=O)NC1CCCCC(NS(C)(=O)=O)CC1. The number of carbonyl (C=O) groups is 1. The summed E-state index contributed by atoms with van der Waals surface area (Å²) in [7, 11) is -3.22. The Morgan fingerprint density at radius 2 is 1.63 bits per heavy atom. The van der Waals surface area contributed by atoms with Crippen LogP contribution in [0, 0.1) is 0 Å². The normalized spacial score (nSPS) is 21.8. The fourth-order valence-electron chi connectivity index (χ4n) is 3.24. The molecule has 1 aliphatic carbocycles. The van der Waals surface area contributed by atoms with E-state index in [1.54, 1.807) is 38.1 Å². The maximum Gasteiger partial charge on any atom is 0.263 e. The molecular weight excluding hydrogens is 388 g/mol. The first-order valence-corrected chi connectivity index (χ1v) is 11.5. The van der Waals surface area contributed by atoms with Crippen molar-refractivity contribution in [3.05, 3.63) is 29.3 Å². The Labute approximate surface area is 167 Å². The molecule has 8 heteroatoms. The van der Waals surface area contributed by atoms with E-state index in [0.29, 0.717) is 17.2 Å². The van der Waals surface area contributed by atoms with Crippen molar-refractivity contribution in [3.63, 3.8) is 0 Å². The molecule has 0 spiro atoms. The van der Waals surface area contributed by atoms with Crippen LogP contribution in [0.5, 0.6) is 5.75 Å². The van der Waals surface area contributed by atoms with Crippen LogP contribution in [0.4, 0.5) is 0 Å². The summed E-state index contributed by atoms with van der Waals surface area (Å²) < 4.78 is 31.5. The minimum atomic E-state index is -3.22. The number of rotatable bonds is 6. The Hall–Kier alpha value is -1.31. The Bertz CT molecular complexity index is 735. The van der Waals surface area contributed by atoms with E-state index in [1.807, 2.05) is 0 Å². The maximum atomic E-state index is 12.7. The van der Waals surface area contributed by atoms with E-state index in [1.165, 1.54) is 6.26 Å². The highest BCUT2D eigenvalue weighted by Crippen LogP contribution is 2.23. The van der Waals surface area contributed by atoms with Crippen LogP contribution < -0.4 is 14.8 Å². The monoisotopic (exact) mass is 416 g/mol. The molecule has 0 aliphatic heterocycles. The second-order valence-electron chi connectivity index (χ2n) is 7.69. The Balaban J connectivity index is 1.93. The van der Waals surface area contributed by atoms with E-state index >= 15 is 0 Å². The fourth-order valence-corrected chi connectivity index (χ4v) is 4.21. The molecule has 1 aromatic carbocycles. The summed E-state index contributed by atoms with van der Waals surface area (Å²) in [5.74, 6) is 0.394. The first-order valence-electron chi connectivity index (χ1n) is 9.28. The van der Waals surface area contributed by atoms with Crippen molar-refractivity contribution in [1.82, 2.24) is 10.0 Å². The molecule has 1 aromatic rings. The zero-order chi connectivity index (χ0) is 20.1. The number of nitrogens with one attached hydrogen (secondary N) is 2. The van der Waals surface area contributed by atoms with Crippen molar-refractivity contribution in [2.24, 2.45) is 0 Å². The van der Waals surface area contributed by atoms with Crippen LogP contribution in [-0.2, 0) is 14.8 Å². The van der Waals surface area contributed by atoms with Crippen LogP contribution in [-0.4, -0.2) is 38.3 Å². The number of hydrogen-bond donors (Lipinski definition) is 2. The summed E-state index contributed by atoms with van der Waals surface area (Å²) >= 11 is 5.88. The fraction of sp³-hybridized carbons (Fsp3) is 0.632. The van der Waals surface area contributed by atoms with Crippen molar-refractivity contribution in [1.29, 1.82) is 0 Å². The highest BCUT2D eigenvalue weighted by atomic mass is 35.5. The number of benzene rings is 1. The molecule has 27 heavy (non-hydrogen) atoms. The van der Waals surface area contributed by atoms with Gasteiger partial charge in [0.1, 0.15) is 5.75 Å². The lowest BCUT2D eigenvalue weighted by atomic mass is 9.93. The number of hydrogen-bond acceptors (Lipinski definition) is 4. The number of halogens is 1. The van der Waals surface area contributed by atoms with Gasteiger partial charge in [-0.2, -0.15) is 0 Å². The largest absolute Gasteiger partial charge is 0.478 e. The summed E-state index contributed by atoms with van der Waals surface area (Å²) in [5, 5.41) is 3.68. The van der Waals surface area contributed by atoms with Gasteiger partial charge in [-0.1, -0.05) is 24.4 Å². The van der Waals surface area contributed by atoms with Crippen LogP contribution in [0.2, 0.25) is 5.02 Å². The molecule has 0 bridgehead atoms. The third-order valence-electron chi connectivity index (χ3n) is 4.67. The minimum absolute atomic E-state index is 0.00903. The zero-order valence-corrected chi connectivity index (χ0v) is 17.7. The first-order chi connectivity index (χ1) is 12.5. The number of sulfonamides is 1. The summed E-state index contributed by atoms with van der Waals surface area (Å²) in [6.45, 7) is 3.46. The van der Waals surface area contributed by atoms with E-state index in [4.69, 9.17) is 16.3 Å². The Morgan fingerprint density at radius 3 is 2.22 bits per heavy atom. The maximum absolute atomic E-state index is 12.7. The summed E-state index contributed by atoms with van der Waals surface area (Å²) in [6, 6.07) is 6.83. The standard InChI is InChI=1S/C19H29ClN2O4S/c1-19(2,26-17-12-8-14(20)9-13-17)18(23)21-15-6-4-5-7-16(11-10-15)22-27(3,24)25/h8-9,12-13,15-16,22H,4-7,10-11H2,1-3H3,(H,21,23). The van der Waals surface area contributed by atoms with Crippen LogP contribution in [0.15, 0.2) is 24.3 Å². The topological polar surface area (TPSA) is 84.5 Å². The van der Waals surface area contributed by atoms with Crippen molar-refractivity contribution in [2.75, 3.05) is 6.26 Å². The van der Waals surface area contributed by atoms with Gasteiger partial charge in [0.05, 0.1) is 6.26 Å². The smallest absolute Gasteiger partial charge is 0.263 e. The molecule has 1 saturated carbocycles. The number of ether oxygens (including phenoxy) is 1. The van der Waals surface area contributed by atoms with Crippen molar-refractivity contribution in [3.8, 4) is 5.75 Å². The van der Waals surface area contributed by atoms with Gasteiger partial charge in [-0.05, 0) is 63.8 Å². The second kappa shape index (κ2) is 9.26. The van der Waals surface area contributed by atoms with Crippen LogP contribution in [0.1, 0.15) is 52.4 Å². The molecule has 1 amide bonds. The molecule has 1 fully saturated rings. The van der Waals surface area contributed by atoms with Gasteiger partial charge < -0.3 is 10.1 Å². The number of carbonyl (C=O) groups excluding carboxylic acids is 1. The Kier molecular flexibility index (Phi) is 7.54. The van der Waals surface area contributed by atoms with E-state index in [0.717, 1.165) is 32.1 Å². The van der Waals surface area contributed by atoms with Crippen molar-refractivity contribution < 1.29 is 17.9 Å². The predicted molar refractivity (Wildman–Crippen MR) is 108 cm³/mol. The van der Waals surface area contributed by atoms with Gasteiger partial charge in [-0.15, -0.1) is 0 Å². The summed E-state index contributed by atoms with van der Waals surface area (Å²) in [4.78, 5) is 12.7. The second-order valence-corrected chi connectivity index (χ2v) is 9.90. The molecule has 0 aromatic heterocycles. The van der Waals surface area contributed by atoms with Crippen LogP contribution >= 0.6 is 11.6 Å². The lowest BCUT2D eigenvalue weighted by molar-refractivity contribution is -0.135. The van der Waals surface area contributed by atoms with E-state index < -0.39 is 15.6 Å². The molecule has 6 nitrogen and oxygen atoms in total. The van der Waals surface area contributed by atoms with Crippen molar-refractivity contribution >= 4 is 27.5 Å². The van der Waals surface area contributed by atoms with Crippen LogP contribution in [0.25, 0.3) is 0 Å². The lowest BCUT2D eigenvalue weighted by Gasteiger charge is -2.30. The van der Waals surface area contributed by atoms with Gasteiger partial charge in [-0.3, -0.25) is 4.79 Å². The third-order valence-corrected chi connectivity index (χ3v) is 5.68. The quantitative estimate of drug-likeness (QED) is 0.745. The third kappa shape index (κ3) is 7.68. The van der Waals surface area contributed by atoms with E-state index in [-0.39, 0.29) is 18.0 Å². The van der Waals surface area contributed by atoms with Gasteiger partial charge >= 0.3 is 0 Å². The highest BCUT2D eigenvalue weighted by molar-refractivity contribution is 7.88. The minimum Gasteiger partial charge on any atom is -0.478 e. The van der Waals surface area contributed by atoms with Gasteiger partial charge in [0, 0.05) is 17.1 Å². The average Bonchev–Trinajstić information content (AvgIpc) is 2.54. The van der Waals surface area contributed by atoms with Gasteiger partial charge in [-0.25, -0.2) is 13.1 Å². The molecule has 0 radical (unpaired) electrons. The van der Waals surface area contributed by atoms with Crippen LogP contribution in [0.3, 0.4) is 0 Å². The average molecular weight is 417 g/mol. The van der Waals surface area contributed by atoms with E-state index in [9.17, 15) is 13.2 Å². The van der Waals surface area contributed by atoms with Gasteiger partial charge in [0.25, 0.3) is 5.91 Å².